The molecule has 0 aromatic carbocycles. The van der Waals surface area contributed by atoms with Crippen LogP contribution in [0.2, 0.25) is 5.28 Å². The fourth-order valence-electron chi connectivity index (χ4n) is 1.27. The van der Waals surface area contributed by atoms with Crippen LogP contribution in [0.5, 0.6) is 0 Å². The molecule has 1 rings (SSSR count). The molecule has 4 N–H and O–H groups in total. The maximum Gasteiger partial charge on any atom is 0.237 e. The molecule has 0 fully saturated rings. The maximum atomic E-state index is 10.9. The number of aromatic nitrogens is 2. The van der Waals surface area contributed by atoms with Crippen molar-refractivity contribution in [2.24, 2.45) is 11.5 Å². The van der Waals surface area contributed by atoms with Crippen LogP contribution in [0.25, 0.3) is 0 Å². The number of hydrogen-bond donors (Lipinski definition) is 2. The van der Waals surface area contributed by atoms with Crippen LogP contribution in [-0.2, 0) is 9.59 Å². The predicted octanol–water partition coefficient (Wildman–Crippen LogP) is -0.785. The van der Waals surface area contributed by atoms with Gasteiger partial charge in [0.2, 0.25) is 17.1 Å². The second-order valence-electron chi connectivity index (χ2n) is 3.43. The zero-order chi connectivity index (χ0) is 13.0. The van der Waals surface area contributed by atoms with Gasteiger partial charge >= 0.3 is 0 Å². The molecule has 0 bridgehead atoms. The summed E-state index contributed by atoms with van der Waals surface area (Å²) in [4.78, 5) is 30.9. The molecule has 0 saturated heterocycles. The summed E-state index contributed by atoms with van der Waals surface area (Å²) in [5.74, 6) is -0.864. The number of rotatable bonds is 5. The molecule has 0 aliphatic heterocycles. The first-order chi connectivity index (χ1) is 7.88. The summed E-state index contributed by atoms with van der Waals surface area (Å²) >= 11 is 5.69. The Bertz CT molecular complexity index is 415. The number of halogens is 1. The standard InChI is InChI=1S/C9H12ClN5O2/c1-5-2-8(14-9(10)13-5)15(3-6(11)16)4-7(12)17/h2H,3-4H2,1H3,(H2,11,16)(H2,12,17). The van der Waals surface area contributed by atoms with E-state index >= 15 is 0 Å². The molecule has 0 radical (unpaired) electrons. The van der Waals surface area contributed by atoms with Gasteiger partial charge in [0.15, 0.2) is 0 Å². The highest BCUT2D eigenvalue weighted by Gasteiger charge is 2.14. The van der Waals surface area contributed by atoms with E-state index in [9.17, 15) is 9.59 Å². The van der Waals surface area contributed by atoms with E-state index in [2.05, 4.69) is 9.97 Å². The number of nitrogens with zero attached hydrogens (tertiary/aromatic N) is 3. The number of primary amides is 2. The molecule has 1 heterocycles. The van der Waals surface area contributed by atoms with Crippen LogP contribution in [0.1, 0.15) is 5.69 Å². The Hall–Kier alpha value is -1.89. The van der Waals surface area contributed by atoms with Gasteiger partial charge < -0.3 is 16.4 Å². The Labute approximate surface area is 103 Å². The molecular formula is C9H12ClN5O2. The molecule has 92 valence electrons. The molecule has 0 unspecified atom stereocenters. The molecule has 0 atom stereocenters. The first-order valence-electron chi connectivity index (χ1n) is 4.71. The number of aryl methyl sites for hydroxylation is 1. The minimum Gasteiger partial charge on any atom is -0.368 e. The van der Waals surface area contributed by atoms with Crippen LogP contribution in [0.4, 0.5) is 5.82 Å². The molecular weight excluding hydrogens is 246 g/mol. The number of carbonyl (C=O) groups excluding carboxylic acids is 2. The summed E-state index contributed by atoms with van der Waals surface area (Å²) in [5.41, 5.74) is 10.8. The normalized spacial score (nSPS) is 10.0. The van der Waals surface area contributed by atoms with Crippen molar-refractivity contribution in [3.8, 4) is 0 Å². The van der Waals surface area contributed by atoms with Crippen molar-refractivity contribution in [3.05, 3.63) is 17.0 Å². The number of amides is 2. The molecule has 8 heteroatoms. The third-order valence-electron chi connectivity index (χ3n) is 1.83. The highest BCUT2D eigenvalue weighted by molar-refractivity contribution is 6.28. The van der Waals surface area contributed by atoms with Crippen molar-refractivity contribution in [2.75, 3.05) is 18.0 Å². The number of hydrogen-bond acceptors (Lipinski definition) is 5. The molecule has 1 aromatic rings. The van der Waals surface area contributed by atoms with Crippen LogP contribution < -0.4 is 16.4 Å². The van der Waals surface area contributed by atoms with Crippen LogP contribution in [-0.4, -0.2) is 34.9 Å². The monoisotopic (exact) mass is 257 g/mol. The molecule has 2 amide bonds. The topological polar surface area (TPSA) is 115 Å². The largest absolute Gasteiger partial charge is 0.368 e. The van der Waals surface area contributed by atoms with Gasteiger partial charge in [0.1, 0.15) is 5.82 Å². The molecule has 0 aliphatic rings. The third-order valence-corrected chi connectivity index (χ3v) is 2.00. The van der Waals surface area contributed by atoms with Crippen molar-refractivity contribution in [1.29, 1.82) is 0 Å². The van der Waals surface area contributed by atoms with Gasteiger partial charge in [0.25, 0.3) is 0 Å². The lowest BCUT2D eigenvalue weighted by atomic mass is 10.3. The van der Waals surface area contributed by atoms with Crippen molar-refractivity contribution in [2.45, 2.75) is 6.92 Å². The molecule has 0 spiro atoms. The van der Waals surface area contributed by atoms with Crippen molar-refractivity contribution in [3.63, 3.8) is 0 Å². The summed E-state index contributed by atoms with van der Waals surface area (Å²) < 4.78 is 0. The molecule has 0 aliphatic carbocycles. The van der Waals surface area contributed by atoms with Crippen molar-refractivity contribution >= 4 is 29.2 Å². The second kappa shape index (κ2) is 5.44. The third kappa shape index (κ3) is 4.23. The van der Waals surface area contributed by atoms with Gasteiger partial charge in [-0.3, -0.25) is 9.59 Å². The number of anilines is 1. The minimum absolute atomic E-state index is 0.0268. The predicted molar refractivity (Wildman–Crippen MR) is 62.4 cm³/mol. The van der Waals surface area contributed by atoms with E-state index in [1.165, 1.54) is 4.90 Å². The molecule has 7 nitrogen and oxygen atoms in total. The molecule has 1 aromatic heterocycles. The number of carbonyl (C=O) groups is 2. The zero-order valence-electron chi connectivity index (χ0n) is 9.18. The van der Waals surface area contributed by atoms with E-state index in [0.29, 0.717) is 11.5 Å². The zero-order valence-corrected chi connectivity index (χ0v) is 9.94. The highest BCUT2D eigenvalue weighted by atomic mass is 35.5. The quantitative estimate of drug-likeness (QED) is 0.671. The highest BCUT2D eigenvalue weighted by Crippen LogP contribution is 2.14. The second-order valence-corrected chi connectivity index (χ2v) is 3.76. The summed E-state index contributed by atoms with van der Waals surface area (Å²) in [6, 6.07) is 1.58. The summed E-state index contributed by atoms with van der Waals surface area (Å²) in [7, 11) is 0. The van der Waals surface area contributed by atoms with E-state index in [1.54, 1.807) is 13.0 Å². The Kier molecular flexibility index (Phi) is 4.22. The SMILES string of the molecule is Cc1cc(N(CC(N)=O)CC(N)=O)nc(Cl)n1. The lowest BCUT2D eigenvalue weighted by Crippen LogP contribution is -2.40. The van der Waals surface area contributed by atoms with E-state index in [-0.39, 0.29) is 18.4 Å². The Balaban J connectivity index is 3.02. The van der Waals surface area contributed by atoms with Crippen LogP contribution in [0.3, 0.4) is 0 Å². The van der Waals surface area contributed by atoms with Crippen LogP contribution in [0.15, 0.2) is 6.07 Å². The van der Waals surface area contributed by atoms with E-state index in [4.69, 9.17) is 23.1 Å². The van der Waals surface area contributed by atoms with Crippen molar-refractivity contribution in [1.82, 2.24) is 9.97 Å². The lowest BCUT2D eigenvalue weighted by molar-refractivity contribution is -0.117. The average molecular weight is 258 g/mol. The minimum atomic E-state index is -0.598. The van der Waals surface area contributed by atoms with E-state index in [1.807, 2.05) is 0 Å². The van der Waals surface area contributed by atoms with Crippen LogP contribution in [0, 0.1) is 6.92 Å². The van der Waals surface area contributed by atoms with E-state index in [0.717, 1.165) is 0 Å². The van der Waals surface area contributed by atoms with Gasteiger partial charge in [-0.1, -0.05) is 0 Å². The summed E-state index contributed by atoms with van der Waals surface area (Å²) in [6.07, 6.45) is 0. The van der Waals surface area contributed by atoms with Gasteiger partial charge in [0.05, 0.1) is 13.1 Å². The van der Waals surface area contributed by atoms with Gasteiger partial charge in [-0.25, -0.2) is 9.97 Å². The average Bonchev–Trinajstić information content (AvgIpc) is 2.13. The smallest absolute Gasteiger partial charge is 0.237 e. The fraction of sp³-hybridized carbons (Fsp3) is 0.333. The molecule has 17 heavy (non-hydrogen) atoms. The van der Waals surface area contributed by atoms with Crippen LogP contribution >= 0.6 is 11.6 Å². The molecule has 0 saturated carbocycles. The number of nitrogens with two attached hydrogens (primary N) is 2. The summed E-state index contributed by atoms with van der Waals surface area (Å²) in [5, 5.41) is 0.0268. The van der Waals surface area contributed by atoms with Gasteiger partial charge in [-0.05, 0) is 18.5 Å². The maximum absolute atomic E-state index is 10.9. The van der Waals surface area contributed by atoms with Gasteiger partial charge in [-0.2, -0.15) is 0 Å². The Morgan fingerprint density at radius 2 is 1.82 bits per heavy atom. The van der Waals surface area contributed by atoms with Crippen molar-refractivity contribution < 1.29 is 9.59 Å². The van der Waals surface area contributed by atoms with Gasteiger partial charge in [-0.15, -0.1) is 0 Å². The lowest BCUT2D eigenvalue weighted by Gasteiger charge is -2.20. The Morgan fingerprint density at radius 3 is 2.24 bits per heavy atom. The van der Waals surface area contributed by atoms with E-state index < -0.39 is 11.8 Å². The summed E-state index contributed by atoms with van der Waals surface area (Å²) in [6.45, 7) is 1.37. The first kappa shape index (κ1) is 13.2. The fourth-order valence-corrected chi connectivity index (χ4v) is 1.49. The first-order valence-corrected chi connectivity index (χ1v) is 5.09. The van der Waals surface area contributed by atoms with Gasteiger partial charge in [0, 0.05) is 11.8 Å². The Morgan fingerprint density at radius 1 is 1.29 bits per heavy atom.